The van der Waals surface area contributed by atoms with Crippen molar-refractivity contribution in [2.75, 3.05) is 12.0 Å². The number of thiazole rings is 1. The fraction of sp³-hybridized carbons (Fsp3) is 0.308. The second-order valence-corrected chi connectivity index (χ2v) is 4.92. The van der Waals surface area contributed by atoms with Crippen LogP contribution in [0, 0.1) is 6.92 Å². The third-order valence-electron chi connectivity index (χ3n) is 2.51. The maximum atomic E-state index is 5.77. The molecule has 0 aliphatic rings. The van der Waals surface area contributed by atoms with Crippen LogP contribution in [0.15, 0.2) is 24.3 Å². The first kappa shape index (κ1) is 12.9. The van der Waals surface area contributed by atoms with E-state index < -0.39 is 0 Å². The Bertz CT molecular complexity index is 525. The molecule has 0 fully saturated rings. The molecule has 3 N–H and O–H groups in total. The fourth-order valence-electron chi connectivity index (χ4n) is 1.70. The van der Waals surface area contributed by atoms with E-state index in [2.05, 4.69) is 17.3 Å². The maximum absolute atomic E-state index is 5.77. The average molecular weight is 263 g/mol. The lowest BCUT2D eigenvalue weighted by atomic mass is 10.1. The van der Waals surface area contributed by atoms with Gasteiger partial charge in [0.25, 0.3) is 0 Å². The predicted octanol–water partition coefficient (Wildman–Crippen LogP) is 3.19. The van der Waals surface area contributed by atoms with Crippen LogP contribution in [-0.4, -0.2) is 11.6 Å². The molecular formula is C13H17N3OS. The molecule has 0 amide bonds. The van der Waals surface area contributed by atoms with Crippen LogP contribution >= 0.6 is 11.3 Å². The van der Waals surface area contributed by atoms with Gasteiger partial charge in [0.2, 0.25) is 0 Å². The van der Waals surface area contributed by atoms with E-state index in [0.717, 1.165) is 34.9 Å². The van der Waals surface area contributed by atoms with Gasteiger partial charge in [0.15, 0.2) is 5.13 Å². The largest absolute Gasteiger partial charge is 0.493 e. The number of nitrogen functional groups attached to an aromatic ring is 1. The van der Waals surface area contributed by atoms with Gasteiger partial charge in [-0.1, -0.05) is 30.4 Å². The maximum Gasteiger partial charge on any atom is 0.197 e. The van der Waals surface area contributed by atoms with Crippen molar-refractivity contribution in [3.8, 4) is 16.2 Å². The molecule has 0 atom stereocenters. The second kappa shape index (κ2) is 5.84. The normalized spacial score (nSPS) is 10.4. The first-order chi connectivity index (χ1) is 8.76. The summed E-state index contributed by atoms with van der Waals surface area (Å²) in [6, 6.07) is 8.02. The molecule has 0 spiro atoms. The second-order valence-electron chi connectivity index (χ2n) is 3.92. The Morgan fingerprint density at radius 3 is 2.83 bits per heavy atom. The number of para-hydroxylation sites is 1. The Balaban J connectivity index is 2.39. The Morgan fingerprint density at radius 2 is 2.17 bits per heavy atom. The lowest BCUT2D eigenvalue weighted by molar-refractivity contribution is 0.319. The van der Waals surface area contributed by atoms with E-state index in [-0.39, 0.29) is 0 Å². The minimum atomic E-state index is 0.716. The van der Waals surface area contributed by atoms with Gasteiger partial charge < -0.3 is 4.74 Å². The van der Waals surface area contributed by atoms with E-state index in [4.69, 9.17) is 10.6 Å². The number of ether oxygens (including phenoxy) is 1. The van der Waals surface area contributed by atoms with Crippen molar-refractivity contribution in [2.45, 2.75) is 20.3 Å². The van der Waals surface area contributed by atoms with Gasteiger partial charge in [0, 0.05) is 5.56 Å². The zero-order valence-corrected chi connectivity index (χ0v) is 11.4. The summed E-state index contributed by atoms with van der Waals surface area (Å²) in [5.74, 6) is 6.29. The van der Waals surface area contributed by atoms with Crippen LogP contribution in [0.1, 0.15) is 19.0 Å². The van der Waals surface area contributed by atoms with Crippen molar-refractivity contribution >= 4 is 16.5 Å². The van der Waals surface area contributed by atoms with Crippen molar-refractivity contribution in [2.24, 2.45) is 5.84 Å². The topological polar surface area (TPSA) is 60.2 Å². The molecule has 0 aliphatic carbocycles. The summed E-state index contributed by atoms with van der Waals surface area (Å²) in [5, 5.41) is 0.716. The zero-order valence-electron chi connectivity index (χ0n) is 10.6. The van der Waals surface area contributed by atoms with Gasteiger partial charge in [-0.3, -0.25) is 5.43 Å². The number of hydrogen-bond donors (Lipinski definition) is 2. The van der Waals surface area contributed by atoms with E-state index >= 15 is 0 Å². The van der Waals surface area contributed by atoms with Gasteiger partial charge >= 0.3 is 0 Å². The molecule has 5 heteroatoms. The van der Waals surface area contributed by atoms with E-state index in [9.17, 15) is 0 Å². The minimum absolute atomic E-state index is 0.716. The zero-order chi connectivity index (χ0) is 13.0. The van der Waals surface area contributed by atoms with Crippen molar-refractivity contribution in [1.29, 1.82) is 0 Å². The quantitative estimate of drug-likeness (QED) is 0.642. The van der Waals surface area contributed by atoms with Gasteiger partial charge in [0.1, 0.15) is 5.75 Å². The summed E-state index contributed by atoms with van der Waals surface area (Å²) in [5.41, 5.74) is 4.62. The molecule has 18 heavy (non-hydrogen) atoms. The van der Waals surface area contributed by atoms with Crippen molar-refractivity contribution < 1.29 is 4.74 Å². The summed E-state index contributed by atoms with van der Waals surface area (Å²) in [6.45, 7) is 4.79. The molecule has 0 aliphatic heterocycles. The fourth-order valence-corrected chi connectivity index (χ4v) is 2.61. The first-order valence-electron chi connectivity index (χ1n) is 5.92. The average Bonchev–Trinajstić information content (AvgIpc) is 2.78. The number of nitrogens with one attached hydrogen (secondary N) is 1. The number of aryl methyl sites for hydroxylation is 1. The molecule has 2 rings (SSSR count). The molecule has 1 aromatic heterocycles. The summed E-state index contributed by atoms with van der Waals surface area (Å²) < 4.78 is 5.77. The van der Waals surface area contributed by atoms with Crippen LogP contribution in [0.25, 0.3) is 10.4 Å². The molecule has 0 saturated carbocycles. The lowest BCUT2D eigenvalue weighted by Crippen LogP contribution is -2.05. The van der Waals surface area contributed by atoms with Crippen LogP contribution in [0.4, 0.5) is 5.13 Å². The number of aromatic nitrogens is 1. The molecule has 0 unspecified atom stereocenters. The summed E-state index contributed by atoms with van der Waals surface area (Å²) in [7, 11) is 0. The SMILES string of the molecule is CCCOc1ccccc1-c1sc(NN)nc1C. The van der Waals surface area contributed by atoms with Crippen LogP contribution in [0.3, 0.4) is 0 Å². The Hall–Kier alpha value is -1.59. The highest BCUT2D eigenvalue weighted by Gasteiger charge is 2.13. The molecule has 4 nitrogen and oxygen atoms in total. The Kier molecular flexibility index (Phi) is 4.17. The molecule has 2 aromatic rings. The van der Waals surface area contributed by atoms with Crippen LogP contribution in [-0.2, 0) is 0 Å². The van der Waals surface area contributed by atoms with E-state index in [0.29, 0.717) is 5.13 Å². The molecule has 96 valence electrons. The van der Waals surface area contributed by atoms with Gasteiger partial charge in [-0.05, 0) is 25.5 Å². The van der Waals surface area contributed by atoms with Crippen LogP contribution in [0.2, 0.25) is 0 Å². The van der Waals surface area contributed by atoms with Crippen LogP contribution in [0.5, 0.6) is 5.75 Å². The minimum Gasteiger partial charge on any atom is -0.493 e. The molecule has 1 aromatic carbocycles. The summed E-state index contributed by atoms with van der Waals surface area (Å²) >= 11 is 1.53. The first-order valence-corrected chi connectivity index (χ1v) is 6.74. The molecule has 0 radical (unpaired) electrons. The number of hydrazine groups is 1. The van der Waals surface area contributed by atoms with Crippen molar-refractivity contribution in [3.05, 3.63) is 30.0 Å². The molecule has 0 saturated heterocycles. The molecule has 0 bridgehead atoms. The molecular weight excluding hydrogens is 246 g/mol. The monoisotopic (exact) mass is 263 g/mol. The van der Waals surface area contributed by atoms with Crippen LogP contribution < -0.4 is 16.0 Å². The van der Waals surface area contributed by atoms with Gasteiger partial charge in [-0.25, -0.2) is 10.8 Å². The summed E-state index contributed by atoms with van der Waals surface area (Å²) in [6.07, 6.45) is 0.992. The third-order valence-corrected chi connectivity index (χ3v) is 3.64. The predicted molar refractivity (Wildman–Crippen MR) is 75.9 cm³/mol. The van der Waals surface area contributed by atoms with Crippen molar-refractivity contribution in [1.82, 2.24) is 4.98 Å². The van der Waals surface area contributed by atoms with Crippen molar-refractivity contribution in [3.63, 3.8) is 0 Å². The highest BCUT2D eigenvalue weighted by molar-refractivity contribution is 7.19. The van der Waals surface area contributed by atoms with Gasteiger partial charge in [0.05, 0.1) is 17.2 Å². The highest BCUT2D eigenvalue weighted by atomic mass is 32.1. The number of nitrogens with two attached hydrogens (primary N) is 1. The number of anilines is 1. The Morgan fingerprint density at radius 1 is 1.39 bits per heavy atom. The van der Waals surface area contributed by atoms with E-state index in [1.807, 2.05) is 31.2 Å². The van der Waals surface area contributed by atoms with Gasteiger partial charge in [-0.2, -0.15) is 0 Å². The smallest absolute Gasteiger partial charge is 0.197 e. The standard InChI is InChI=1S/C13H17N3OS/c1-3-8-17-11-7-5-4-6-10(11)12-9(2)15-13(16-14)18-12/h4-7H,3,8,14H2,1-2H3,(H,15,16). The number of benzene rings is 1. The molecule has 1 heterocycles. The number of nitrogens with zero attached hydrogens (tertiary/aromatic N) is 1. The van der Waals surface area contributed by atoms with Gasteiger partial charge in [-0.15, -0.1) is 0 Å². The third kappa shape index (κ3) is 2.63. The number of rotatable bonds is 5. The van der Waals surface area contributed by atoms with E-state index in [1.54, 1.807) is 0 Å². The lowest BCUT2D eigenvalue weighted by Gasteiger charge is -2.09. The Labute approximate surface area is 111 Å². The van der Waals surface area contributed by atoms with E-state index in [1.165, 1.54) is 11.3 Å². The highest BCUT2D eigenvalue weighted by Crippen LogP contribution is 2.37. The number of hydrogen-bond acceptors (Lipinski definition) is 5. The summed E-state index contributed by atoms with van der Waals surface area (Å²) in [4.78, 5) is 5.45.